The molecule has 1 aromatic heterocycles. The number of aliphatic hydroxyl groups is 2. The summed E-state index contributed by atoms with van der Waals surface area (Å²) in [6.07, 6.45) is 4.72. The quantitative estimate of drug-likeness (QED) is 0.0340. The molecule has 113 heavy (non-hydrogen) atoms. The number of hydrogen-bond acceptors (Lipinski definition) is 25. The van der Waals surface area contributed by atoms with E-state index in [9.17, 15) is 45.2 Å². The lowest BCUT2D eigenvalue weighted by Gasteiger charge is -2.33. The van der Waals surface area contributed by atoms with Gasteiger partial charge in [0.1, 0.15) is 67.2 Å². The Balaban J connectivity index is 0.000000301. The van der Waals surface area contributed by atoms with Crippen LogP contribution in [0.2, 0.25) is 5.28 Å². The number of carbonyl (C=O) groups excluding carboxylic acids is 4. The molecule has 0 spiro atoms. The second-order valence-electron chi connectivity index (χ2n) is 29.4. The molecule has 0 unspecified atom stereocenters. The highest BCUT2D eigenvalue weighted by Crippen LogP contribution is 2.41. The first-order valence-electron chi connectivity index (χ1n) is 35.4. The van der Waals surface area contributed by atoms with Gasteiger partial charge in [0.05, 0.1) is 80.3 Å². The first kappa shape index (κ1) is 95.7. The molecule has 28 nitrogen and oxygen atoms in total. The SMILES string of the molecule is CC(C)(O)C(C)(C)O.COc1cc(-c2ccnc(Cl)n2)cc(C#N)c1OC1CCN(C(=O)OC(C)(C)C)CC1.COc1cc(Br)cc(C#N)c1O.COc1cc(Br)cc(C#N)c1OC1CCN(C(=O)OC(C)(C)C)CC1.COc1cc(Br)cc(C=O)c1O.[B]c1cc(C#N)c(OC2CCN(C(=O)OC(C)(C)C)CC2)c(OC)c1. The molecule has 3 fully saturated rings. The fourth-order valence-corrected chi connectivity index (χ4v) is 11.6. The monoisotopic (exact) mass is 1770 g/mol. The van der Waals surface area contributed by atoms with Gasteiger partial charge in [-0.15, -0.1) is 0 Å². The van der Waals surface area contributed by atoms with Crippen molar-refractivity contribution in [1.29, 1.82) is 21.0 Å². The summed E-state index contributed by atoms with van der Waals surface area (Å²) in [6, 6.07) is 26.3. The standard InChI is InChI=1S/C22H25ClN4O4.C18H23BN2O4.C18H23BrN2O4.C8H6BrNO2.C8H7BrO3.C6H14O2/c1-22(2,3)31-21(28)27-9-6-16(7-10-27)30-19-15(13-24)11-14(12-18(19)29-4)17-5-8-25-20(23)26-17;2*1-18(2,3)25-17(22)21-7-5-14(6-8-21)24-16-12(11-20)9-13(19)10-15(16)23-4;2*1-12-7-3-6(9)2-5(4-10)8(7)11;1-5(2,7)6(3,4)8/h5,8,11-12,16H,6-7,9-10H2,1-4H3;2*9-10,14H,5-8H2,1-4H3;2-3,11H,1H3;2-4,11H,1H3;7-8H,1-4H3. The van der Waals surface area contributed by atoms with Crippen LogP contribution in [0.5, 0.6) is 57.5 Å². The number of nitrogens with zero attached hydrogens (tertiary/aromatic N) is 9. The van der Waals surface area contributed by atoms with Gasteiger partial charge in [-0.05, 0) is 168 Å². The summed E-state index contributed by atoms with van der Waals surface area (Å²) in [5.74, 6) is 2.93. The maximum absolute atomic E-state index is 12.3. The van der Waals surface area contributed by atoms with Crippen LogP contribution < -0.4 is 43.4 Å². The highest BCUT2D eigenvalue weighted by atomic mass is 79.9. The first-order chi connectivity index (χ1) is 52.8. The third kappa shape index (κ3) is 31.0. The number of aromatic nitrogens is 2. The number of ether oxygens (including phenoxy) is 11. The van der Waals surface area contributed by atoms with Crippen LogP contribution in [0.3, 0.4) is 0 Å². The predicted molar refractivity (Wildman–Crippen MR) is 434 cm³/mol. The zero-order valence-electron chi connectivity index (χ0n) is 66.7. The first-order valence-corrected chi connectivity index (χ1v) is 38.2. The van der Waals surface area contributed by atoms with E-state index in [0.29, 0.717) is 167 Å². The molecule has 608 valence electrons. The highest BCUT2D eigenvalue weighted by Gasteiger charge is 2.34. The Morgan fingerprint density at radius 2 is 0.805 bits per heavy atom. The van der Waals surface area contributed by atoms with Crippen LogP contribution >= 0.6 is 59.4 Å². The lowest BCUT2D eigenvalue weighted by atomic mass is 9.90. The van der Waals surface area contributed by atoms with Gasteiger partial charge in [0, 0.05) is 103 Å². The molecular formula is C80H98BBr3ClN9O19. The lowest BCUT2D eigenvalue weighted by molar-refractivity contribution is -0.107. The zero-order valence-corrected chi connectivity index (χ0v) is 72.3. The average molecular weight is 1780 g/mol. The van der Waals surface area contributed by atoms with Crippen LogP contribution in [-0.4, -0.2) is 199 Å². The van der Waals surface area contributed by atoms with E-state index in [1.807, 2.05) is 68.4 Å². The van der Waals surface area contributed by atoms with Crippen molar-refractivity contribution < 1.29 is 91.7 Å². The number of piperidine rings is 3. The van der Waals surface area contributed by atoms with Crippen LogP contribution in [0, 0.1) is 45.3 Å². The Bertz CT molecular complexity index is 4270. The number of nitriles is 4. The summed E-state index contributed by atoms with van der Waals surface area (Å²) < 4.78 is 62.3. The minimum atomic E-state index is -1.01. The van der Waals surface area contributed by atoms with E-state index >= 15 is 0 Å². The number of aldehydes is 1. The average Bonchev–Trinajstić information content (AvgIpc) is 0.809. The Hall–Kier alpha value is -9.67. The van der Waals surface area contributed by atoms with E-state index in [2.05, 4.69) is 76.0 Å². The molecule has 6 aromatic rings. The zero-order chi connectivity index (χ0) is 85.1. The topological polar surface area (TPSA) is 381 Å². The number of methoxy groups -OCH3 is 5. The second-order valence-corrected chi connectivity index (χ2v) is 32.5. The second kappa shape index (κ2) is 43.6. The Labute approximate surface area is 692 Å². The molecule has 3 aliphatic heterocycles. The van der Waals surface area contributed by atoms with E-state index in [4.69, 9.17) is 87.0 Å². The Morgan fingerprint density at radius 3 is 1.14 bits per heavy atom. The lowest BCUT2D eigenvalue weighted by Crippen LogP contribution is -2.44. The van der Waals surface area contributed by atoms with Crippen LogP contribution in [-0.2, 0) is 14.2 Å². The van der Waals surface area contributed by atoms with Gasteiger partial charge in [-0.3, -0.25) is 4.79 Å². The van der Waals surface area contributed by atoms with Gasteiger partial charge < -0.3 is 87.2 Å². The van der Waals surface area contributed by atoms with Gasteiger partial charge in [0.25, 0.3) is 0 Å². The van der Waals surface area contributed by atoms with Crippen LogP contribution in [0.15, 0.2) is 86.3 Å². The van der Waals surface area contributed by atoms with E-state index in [0.717, 1.165) is 4.47 Å². The molecule has 5 aromatic carbocycles. The van der Waals surface area contributed by atoms with Crippen LogP contribution in [0.1, 0.15) is 161 Å². The number of hydrogen-bond donors (Lipinski definition) is 4. The number of phenolic OH excluding ortho intramolecular Hbond substituents is 2. The Morgan fingerprint density at radius 1 is 0.487 bits per heavy atom. The molecule has 33 heteroatoms. The van der Waals surface area contributed by atoms with Gasteiger partial charge in [-0.1, -0.05) is 53.3 Å². The third-order valence-corrected chi connectivity index (χ3v) is 18.1. The molecule has 3 amide bonds. The number of rotatable bonds is 14. The van der Waals surface area contributed by atoms with Crippen LogP contribution in [0.4, 0.5) is 14.4 Å². The van der Waals surface area contributed by atoms with E-state index in [-0.39, 0.29) is 70.3 Å². The van der Waals surface area contributed by atoms with Crippen molar-refractivity contribution in [3.05, 3.63) is 119 Å². The number of aromatic hydroxyl groups is 2. The number of benzene rings is 5. The van der Waals surface area contributed by atoms with Gasteiger partial charge in [-0.2, -0.15) is 21.0 Å². The van der Waals surface area contributed by atoms with Crippen molar-refractivity contribution >= 4 is 97.3 Å². The van der Waals surface area contributed by atoms with Gasteiger partial charge >= 0.3 is 18.3 Å². The summed E-state index contributed by atoms with van der Waals surface area (Å²) in [7, 11) is 13.2. The van der Waals surface area contributed by atoms with Crippen molar-refractivity contribution in [3.8, 4) is 93.0 Å². The molecule has 3 aliphatic rings. The normalized spacial score (nSPS) is 13.8. The van der Waals surface area contributed by atoms with Crippen LogP contribution in [0.25, 0.3) is 11.3 Å². The number of carbonyl (C=O) groups is 4. The minimum Gasteiger partial charge on any atom is -0.504 e. The Kier molecular flexibility index (Phi) is 36.9. The van der Waals surface area contributed by atoms with E-state index < -0.39 is 28.0 Å². The van der Waals surface area contributed by atoms with Crippen molar-refractivity contribution in [2.75, 3.05) is 74.8 Å². The number of amides is 3. The fourth-order valence-electron chi connectivity index (χ4n) is 10.1. The van der Waals surface area contributed by atoms with E-state index in [1.54, 1.807) is 110 Å². The summed E-state index contributed by atoms with van der Waals surface area (Å²) >= 11 is 15.6. The smallest absolute Gasteiger partial charge is 0.410 e. The molecule has 4 heterocycles. The highest BCUT2D eigenvalue weighted by molar-refractivity contribution is 9.11. The third-order valence-electron chi connectivity index (χ3n) is 16.5. The molecule has 3 saturated heterocycles. The molecule has 0 saturated carbocycles. The largest absolute Gasteiger partial charge is 0.504 e. The fraction of sp³-hybridized carbons (Fsp3) is 0.475. The molecule has 2 radical (unpaired) electrons. The van der Waals surface area contributed by atoms with Gasteiger partial charge in [0.15, 0.2) is 63.8 Å². The van der Waals surface area contributed by atoms with Crippen molar-refractivity contribution in [3.63, 3.8) is 0 Å². The predicted octanol–water partition coefficient (Wildman–Crippen LogP) is 15.2. The molecular weight excluding hydrogens is 1680 g/mol. The summed E-state index contributed by atoms with van der Waals surface area (Å²) in [4.78, 5) is 60.0. The van der Waals surface area contributed by atoms with Gasteiger partial charge in [-0.25, -0.2) is 24.4 Å². The summed E-state index contributed by atoms with van der Waals surface area (Å²) in [5, 5.41) is 73.9. The number of likely N-dealkylation sites (tertiary alicyclic amines) is 3. The molecule has 0 aliphatic carbocycles. The molecule has 0 atom stereocenters. The van der Waals surface area contributed by atoms with Crippen molar-refractivity contribution in [1.82, 2.24) is 24.7 Å². The van der Waals surface area contributed by atoms with Crippen molar-refractivity contribution in [2.45, 2.75) is 175 Å². The van der Waals surface area contributed by atoms with Gasteiger partial charge in [0.2, 0.25) is 5.28 Å². The van der Waals surface area contributed by atoms with Crippen molar-refractivity contribution in [2.24, 2.45) is 0 Å². The summed E-state index contributed by atoms with van der Waals surface area (Å²) in [6.45, 7) is 26.1. The minimum absolute atomic E-state index is 0.0825. The molecule has 4 N–H and O–H groups in total. The maximum atomic E-state index is 12.3. The summed E-state index contributed by atoms with van der Waals surface area (Å²) in [5.41, 5.74) is -0.374. The molecule has 9 rings (SSSR count). The number of halogens is 4. The van der Waals surface area contributed by atoms with E-state index in [1.165, 1.54) is 40.6 Å². The number of phenols is 2. The maximum Gasteiger partial charge on any atom is 0.410 e. The molecule has 0 bridgehead atoms.